The van der Waals surface area contributed by atoms with Gasteiger partial charge in [0.2, 0.25) is 0 Å². The van der Waals surface area contributed by atoms with Crippen LogP contribution in [0.5, 0.6) is 0 Å². The van der Waals surface area contributed by atoms with Crippen molar-refractivity contribution in [1.82, 2.24) is 0 Å². The Morgan fingerprint density at radius 2 is 1.59 bits per heavy atom. The first-order valence-corrected chi connectivity index (χ1v) is 10.7. The molecule has 0 atom stereocenters. The molecule has 2 aromatic rings. The molecule has 0 saturated carbocycles. The SMILES string of the molecule is CCOC(=O)c1ccc(/C=C(\C)c2cc3c(cc2CC)C(C)(C)CC3(C)C)cc1. The summed E-state index contributed by atoms with van der Waals surface area (Å²) in [4.78, 5) is 11.9. The summed E-state index contributed by atoms with van der Waals surface area (Å²) in [5, 5.41) is 0. The van der Waals surface area contributed by atoms with E-state index in [0.717, 1.165) is 12.0 Å². The third kappa shape index (κ3) is 4.17. The highest BCUT2D eigenvalue weighted by atomic mass is 16.5. The summed E-state index contributed by atoms with van der Waals surface area (Å²) in [5.74, 6) is -0.267. The standard InChI is InChI=1S/C27H34O2/c1-8-20-15-23-24(27(6,7)17-26(23,4)5)16-22(20)18(3)14-19-10-12-21(13-11-19)25(28)29-9-2/h10-16H,8-9,17H2,1-7H3/b18-14+. The zero-order chi connectivity index (χ0) is 21.4. The largest absolute Gasteiger partial charge is 0.462 e. The van der Waals surface area contributed by atoms with Crippen molar-refractivity contribution in [3.8, 4) is 0 Å². The Kier molecular flexibility index (Phi) is 5.76. The maximum atomic E-state index is 11.9. The van der Waals surface area contributed by atoms with Crippen LogP contribution >= 0.6 is 0 Å². The van der Waals surface area contributed by atoms with Crippen LogP contribution in [-0.4, -0.2) is 12.6 Å². The normalized spacial score (nSPS) is 17.1. The second-order valence-corrected chi connectivity index (χ2v) is 9.52. The highest BCUT2D eigenvalue weighted by Gasteiger charge is 2.42. The van der Waals surface area contributed by atoms with Crippen LogP contribution in [0.15, 0.2) is 36.4 Å². The van der Waals surface area contributed by atoms with Gasteiger partial charge in [0.1, 0.15) is 0 Å². The zero-order valence-electron chi connectivity index (χ0n) is 19.0. The van der Waals surface area contributed by atoms with Gasteiger partial charge in [0.15, 0.2) is 0 Å². The summed E-state index contributed by atoms with van der Waals surface area (Å²) >= 11 is 0. The van der Waals surface area contributed by atoms with E-state index in [2.05, 4.69) is 59.8 Å². The number of benzene rings is 2. The van der Waals surface area contributed by atoms with Crippen LogP contribution in [-0.2, 0) is 22.0 Å². The minimum absolute atomic E-state index is 0.196. The first-order chi connectivity index (χ1) is 13.6. The van der Waals surface area contributed by atoms with Gasteiger partial charge in [-0.25, -0.2) is 4.79 Å². The number of carbonyl (C=O) groups is 1. The van der Waals surface area contributed by atoms with Gasteiger partial charge in [0.25, 0.3) is 0 Å². The molecule has 0 bridgehead atoms. The van der Waals surface area contributed by atoms with Crippen LogP contribution in [0.3, 0.4) is 0 Å². The van der Waals surface area contributed by atoms with Crippen LogP contribution in [0.1, 0.15) is 93.1 Å². The molecule has 2 aromatic carbocycles. The van der Waals surface area contributed by atoms with Crippen LogP contribution < -0.4 is 0 Å². The Balaban J connectivity index is 1.99. The summed E-state index contributed by atoms with van der Waals surface area (Å²) < 4.78 is 5.07. The topological polar surface area (TPSA) is 26.3 Å². The highest BCUT2D eigenvalue weighted by Crippen LogP contribution is 2.50. The number of esters is 1. The zero-order valence-corrected chi connectivity index (χ0v) is 19.0. The molecule has 0 aromatic heterocycles. The first kappa shape index (κ1) is 21.4. The second-order valence-electron chi connectivity index (χ2n) is 9.52. The van der Waals surface area contributed by atoms with Gasteiger partial charge in [-0.3, -0.25) is 0 Å². The summed E-state index contributed by atoms with van der Waals surface area (Å²) in [6.07, 6.45) is 4.41. The van der Waals surface area contributed by atoms with Crippen molar-refractivity contribution in [3.05, 3.63) is 69.8 Å². The number of fused-ring (bicyclic) bond motifs is 1. The number of aryl methyl sites for hydroxylation is 1. The van der Waals surface area contributed by atoms with Crippen molar-refractivity contribution >= 4 is 17.6 Å². The molecule has 2 nitrogen and oxygen atoms in total. The lowest BCUT2D eigenvalue weighted by Gasteiger charge is -2.22. The van der Waals surface area contributed by atoms with Gasteiger partial charge in [-0.05, 0) is 83.0 Å². The third-order valence-electron chi connectivity index (χ3n) is 6.20. The Labute approximate surface area is 176 Å². The van der Waals surface area contributed by atoms with Gasteiger partial charge >= 0.3 is 5.97 Å². The van der Waals surface area contributed by atoms with Gasteiger partial charge in [-0.1, -0.05) is 65.0 Å². The van der Waals surface area contributed by atoms with E-state index in [1.54, 1.807) is 0 Å². The van der Waals surface area contributed by atoms with E-state index in [4.69, 9.17) is 4.74 Å². The Hall–Kier alpha value is -2.35. The molecule has 3 rings (SSSR count). The van der Waals surface area contributed by atoms with Crippen molar-refractivity contribution in [2.45, 2.75) is 72.1 Å². The maximum absolute atomic E-state index is 11.9. The molecule has 2 heteroatoms. The van der Waals surface area contributed by atoms with Crippen LogP contribution in [0, 0.1) is 0 Å². The molecule has 0 spiro atoms. The molecular formula is C27H34O2. The molecule has 0 aliphatic heterocycles. The lowest BCUT2D eigenvalue weighted by Crippen LogP contribution is -2.18. The van der Waals surface area contributed by atoms with E-state index in [9.17, 15) is 4.79 Å². The Bertz CT molecular complexity index is 943. The molecule has 1 aliphatic carbocycles. The van der Waals surface area contributed by atoms with Gasteiger partial charge in [0.05, 0.1) is 12.2 Å². The Morgan fingerprint density at radius 1 is 1.00 bits per heavy atom. The molecule has 0 radical (unpaired) electrons. The van der Waals surface area contributed by atoms with Crippen molar-refractivity contribution < 1.29 is 9.53 Å². The van der Waals surface area contributed by atoms with E-state index < -0.39 is 0 Å². The minimum atomic E-state index is -0.267. The van der Waals surface area contributed by atoms with E-state index in [1.165, 1.54) is 34.2 Å². The monoisotopic (exact) mass is 390 g/mol. The lowest BCUT2D eigenvalue weighted by molar-refractivity contribution is 0.0526. The molecule has 1 aliphatic rings. The van der Waals surface area contributed by atoms with Gasteiger partial charge in [-0.2, -0.15) is 0 Å². The molecule has 0 heterocycles. The number of allylic oxidation sites excluding steroid dienone is 1. The molecule has 0 unspecified atom stereocenters. The molecule has 154 valence electrons. The minimum Gasteiger partial charge on any atom is -0.462 e. The summed E-state index contributed by atoms with van der Waals surface area (Å²) in [6, 6.07) is 12.5. The number of ether oxygens (including phenoxy) is 1. The molecular weight excluding hydrogens is 356 g/mol. The van der Waals surface area contributed by atoms with Crippen LogP contribution in [0.25, 0.3) is 11.6 Å². The molecule has 0 fully saturated rings. The van der Waals surface area contributed by atoms with Gasteiger partial charge < -0.3 is 4.74 Å². The maximum Gasteiger partial charge on any atom is 0.338 e. The fraction of sp³-hybridized carbons (Fsp3) is 0.444. The van der Waals surface area contributed by atoms with Gasteiger partial charge in [0, 0.05) is 0 Å². The number of hydrogen-bond acceptors (Lipinski definition) is 2. The summed E-state index contributed by atoms with van der Waals surface area (Å²) in [6.45, 7) is 16.1. The van der Waals surface area contributed by atoms with Crippen LogP contribution in [0.2, 0.25) is 0 Å². The van der Waals surface area contributed by atoms with Crippen molar-refractivity contribution in [2.24, 2.45) is 0 Å². The van der Waals surface area contributed by atoms with E-state index in [0.29, 0.717) is 12.2 Å². The van der Waals surface area contributed by atoms with Crippen molar-refractivity contribution in [2.75, 3.05) is 6.61 Å². The molecule has 29 heavy (non-hydrogen) atoms. The first-order valence-electron chi connectivity index (χ1n) is 10.7. The predicted octanol–water partition coefficient (Wildman–Crippen LogP) is 6.95. The van der Waals surface area contributed by atoms with Crippen LogP contribution in [0.4, 0.5) is 0 Å². The smallest absolute Gasteiger partial charge is 0.338 e. The Morgan fingerprint density at radius 3 is 2.14 bits per heavy atom. The van der Waals surface area contributed by atoms with E-state index in [1.807, 2.05) is 31.2 Å². The van der Waals surface area contributed by atoms with Crippen molar-refractivity contribution in [3.63, 3.8) is 0 Å². The fourth-order valence-electron chi connectivity index (χ4n) is 4.98. The van der Waals surface area contributed by atoms with Crippen molar-refractivity contribution in [1.29, 1.82) is 0 Å². The molecule has 0 saturated heterocycles. The third-order valence-corrected chi connectivity index (χ3v) is 6.20. The number of rotatable bonds is 5. The number of carbonyl (C=O) groups excluding carboxylic acids is 1. The highest BCUT2D eigenvalue weighted by molar-refractivity contribution is 5.90. The summed E-state index contributed by atoms with van der Waals surface area (Å²) in [5.41, 5.74) is 9.11. The second kappa shape index (κ2) is 7.82. The average molecular weight is 391 g/mol. The molecule has 0 amide bonds. The number of hydrogen-bond donors (Lipinski definition) is 0. The van der Waals surface area contributed by atoms with E-state index in [-0.39, 0.29) is 16.8 Å². The average Bonchev–Trinajstić information content (AvgIpc) is 2.85. The van der Waals surface area contributed by atoms with E-state index >= 15 is 0 Å². The quantitative estimate of drug-likeness (QED) is 0.408. The predicted molar refractivity (Wildman–Crippen MR) is 122 cm³/mol. The lowest BCUT2D eigenvalue weighted by atomic mass is 9.82. The molecule has 0 N–H and O–H groups in total. The van der Waals surface area contributed by atoms with Gasteiger partial charge in [-0.15, -0.1) is 0 Å². The summed E-state index contributed by atoms with van der Waals surface area (Å²) in [7, 11) is 0. The fourth-order valence-corrected chi connectivity index (χ4v) is 4.98.